The summed E-state index contributed by atoms with van der Waals surface area (Å²) >= 11 is 1.22. The van der Waals surface area contributed by atoms with Crippen LogP contribution in [0.4, 0.5) is 10.1 Å². The van der Waals surface area contributed by atoms with Crippen LogP contribution in [0.1, 0.15) is 25.0 Å². The van der Waals surface area contributed by atoms with E-state index in [0.717, 1.165) is 16.8 Å². The lowest BCUT2D eigenvalue weighted by Gasteiger charge is -2.42. The highest BCUT2D eigenvalue weighted by molar-refractivity contribution is 7.91. The molecule has 1 N–H and O–H groups in total. The molecule has 2 heterocycles. The Kier molecular flexibility index (Phi) is 6.40. The van der Waals surface area contributed by atoms with Gasteiger partial charge in [0.15, 0.2) is 0 Å². The van der Waals surface area contributed by atoms with E-state index in [1.54, 1.807) is 37.4 Å². The van der Waals surface area contributed by atoms with E-state index in [1.165, 1.54) is 27.8 Å². The van der Waals surface area contributed by atoms with Crippen molar-refractivity contribution in [1.29, 1.82) is 0 Å². The zero-order chi connectivity index (χ0) is 22.9. The number of nitrogens with zero attached hydrogens (tertiary/aromatic N) is 2. The topological polar surface area (TPSA) is 60.9 Å². The van der Waals surface area contributed by atoms with Gasteiger partial charge in [0.05, 0.1) is 5.60 Å². The molecule has 0 radical (unpaired) electrons. The van der Waals surface area contributed by atoms with Gasteiger partial charge in [-0.15, -0.1) is 11.3 Å². The lowest BCUT2D eigenvalue weighted by Crippen LogP contribution is -2.55. The lowest BCUT2D eigenvalue weighted by atomic mass is 9.97. The van der Waals surface area contributed by atoms with Crippen LogP contribution in [-0.4, -0.2) is 43.5 Å². The number of hydrogen-bond acceptors (Lipinski definition) is 5. The van der Waals surface area contributed by atoms with Crippen molar-refractivity contribution >= 4 is 27.0 Å². The van der Waals surface area contributed by atoms with E-state index in [0.29, 0.717) is 30.3 Å². The third-order valence-corrected chi connectivity index (χ3v) is 9.04. The quantitative estimate of drug-likeness (QED) is 0.581. The zero-order valence-electron chi connectivity index (χ0n) is 18.1. The average Bonchev–Trinajstić information content (AvgIpc) is 3.29. The van der Waals surface area contributed by atoms with Crippen LogP contribution >= 0.6 is 11.3 Å². The first-order valence-electron chi connectivity index (χ1n) is 10.5. The largest absolute Gasteiger partial charge is 0.386 e. The maximum atomic E-state index is 13.8. The number of anilines is 1. The second-order valence-electron chi connectivity index (χ2n) is 8.58. The third-order valence-electron chi connectivity index (χ3n) is 5.80. The predicted molar refractivity (Wildman–Crippen MR) is 126 cm³/mol. The van der Waals surface area contributed by atoms with Crippen molar-refractivity contribution < 1.29 is 17.9 Å². The van der Waals surface area contributed by atoms with Gasteiger partial charge in [-0.3, -0.25) is 0 Å². The first-order valence-corrected chi connectivity index (χ1v) is 12.8. The minimum atomic E-state index is -3.57. The predicted octanol–water partition coefficient (Wildman–Crippen LogP) is 4.24. The van der Waals surface area contributed by atoms with Crippen LogP contribution in [0.2, 0.25) is 0 Å². The van der Waals surface area contributed by atoms with Crippen molar-refractivity contribution in [1.82, 2.24) is 4.31 Å². The number of rotatable bonds is 6. The standard InChI is InChI=1S/C24H27FN2O3S2/c1-24(2,28)19-8-10-21(11-9-19)27-13-12-26(32(29,30)23-7-4-14-31-23)17-22(27)16-18-5-3-6-20(25)15-18/h3-11,14-15,22,28H,12-13,16-17H2,1-2H3/t22-/m1/s1. The Morgan fingerprint density at radius 2 is 1.84 bits per heavy atom. The number of sulfonamides is 1. The van der Waals surface area contributed by atoms with Crippen LogP contribution in [0, 0.1) is 5.82 Å². The minimum absolute atomic E-state index is 0.159. The molecule has 0 bridgehead atoms. The number of halogens is 1. The monoisotopic (exact) mass is 474 g/mol. The van der Waals surface area contributed by atoms with E-state index in [9.17, 15) is 17.9 Å². The minimum Gasteiger partial charge on any atom is -0.386 e. The van der Waals surface area contributed by atoms with Gasteiger partial charge in [-0.25, -0.2) is 12.8 Å². The van der Waals surface area contributed by atoms with E-state index in [1.807, 2.05) is 30.3 Å². The highest BCUT2D eigenvalue weighted by Gasteiger charge is 2.35. The van der Waals surface area contributed by atoms with E-state index in [4.69, 9.17) is 0 Å². The summed E-state index contributed by atoms with van der Waals surface area (Å²) in [6.07, 6.45) is 0.515. The third kappa shape index (κ3) is 4.88. The van der Waals surface area contributed by atoms with Crippen molar-refractivity contribution in [3.8, 4) is 0 Å². The molecule has 0 aliphatic carbocycles. The molecule has 0 unspecified atom stereocenters. The van der Waals surface area contributed by atoms with Crippen LogP contribution in [0.3, 0.4) is 0 Å². The number of benzene rings is 2. The van der Waals surface area contributed by atoms with Gasteiger partial charge in [0.2, 0.25) is 0 Å². The molecular formula is C24H27FN2O3S2. The fourth-order valence-electron chi connectivity index (χ4n) is 4.09. The highest BCUT2D eigenvalue weighted by Crippen LogP contribution is 2.29. The molecule has 3 aromatic rings. The molecule has 1 aromatic heterocycles. The molecule has 1 fully saturated rings. The van der Waals surface area contributed by atoms with Gasteiger partial charge in [0, 0.05) is 31.4 Å². The molecular weight excluding hydrogens is 447 g/mol. The summed E-state index contributed by atoms with van der Waals surface area (Å²) in [6, 6.07) is 17.4. The highest BCUT2D eigenvalue weighted by atomic mass is 32.2. The summed E-state index contributed by atoms with van der Waals surface area (Å²) in [5.74, 6) is -0.303. The molecule has 1 saturated heterocycles. The molecule has 170 valence electrons. The summed E-state index contributed by atoms with van der Waals surface area (Å²) < 4.78 is 41.9. The number of aliphatic hydroxyl groups is 1. The van der Waals surface area contributed by atoms with E-state index in [2.05, 4.69) is 4.90 Å². The Bertz CT molecular complexity index is 1160. The SMILES string of the molecule is CC(C)(O)c1ccc(N2CCN(S(=O)(=O)c3cccs3)C[C@H]2Cc2cccc(F)c2)cc1. The van der Waals surface area contributed by atoms with Crippen LogP contribution in [0.25, 0.3) is 0 Å². The molecule has 0 spiro atoms. The van der Waals surface area contributed by atoms with Gasteiger partial charge >= 0.3 is 0 Å². The molecule has 32 heavy (non-hydrogen) atoms. The first-order chi connectivity index (χ1) is 15.1. The van der Waals surface area contributed by atoms with Gasteiger partial charge in [0.1, 0.15) is 10.0 Å². The van der Waals surface area contributed by atoms with Gasteiger partial charge in [-0.05, 0) is 67.1 Å². The van der Waals surface area contributed by atoms with Crippen LogP contribution < -0.4 is 4.90 Å². The summed E-state index contributed by atoms with van der Waals surface area (Å²) in [5, 5.41) is 12.0. The lowest BCUT2D eigenvalue weighted by molar-refractivity contribution is 0.0786. The number of thiophene rings is 1. The van der Waals surface area contributed by atoms with Crippen LogP contribution in [0.15, 0.2) is 70.3 Å². The van der Waals surface area contributed by atoms with Crippen LogP contribution in [0.5, 0.6) is 0 Å². The normalized spacial score (nSPS) is 18.1. The van der Waals surface area contributed by atoms with Gasteiger partial charge < -0.3 is 10.0 Å². The molecule has 8 heteroatoms. The molecule has 0 saturated carbocycles. The maximum absolute atomic E-state index is 13.8. The second kappa shape index (κ2) is 8.94. The number of piperazine rings is 1. The van der Waals surface area contributed by atoms with Crippen molar-refractivity contribution in [2.45, 2.75) is 36.1 Å². The van der Waals surface area contributed by atoms with Crippen LogP contribution in [-0.2, 0) is 22.0 Å². The summed E-state index contributed by atoms with van der Waals surface area (Å²) in [7, 11) is -3.57. The molecule has 4 rings (SSSR count). The molecule has 1 atom stereocenters. The maximum Gasteiger partial charge on any atom is 0.252 e. The zero-order valence-corrected chi connectivity index (χ0v) is 19.7. The average molecular weight is 475 g/mol. The summed E-state index contributed by atoms with van der Waals surface area (Å²) in [6.45, 7) is 4.68. The van der Waals surface area contributed by atoms with Crippen molar-refractivity contribution in [2.75, 3.05) is 24.5 Å². The second-order valence-corrected chi connectivity index (χ2v) is 11.7. The fourth-order valence-corrected chi connectivity index (χ4v) is 6.71. The molecule has 2 aromatic carbocycles. The Labute approximate surface area is 192 Å². The van der Waals surface area contributed by atoms with E-state index in [-0.39, 0.29) is 11.9 Å². The smallest absolute Gasteiger partial charge is 0.252 e. The van der Waals surface area contributed by atoms with Gasteiger partial charge in [-0.1, -0.05) is 30.3 Å². The molecule has 1 aliphatic rings. The Hall–Kier alpha value is -2.26. The first kappa shape index (κ1) is 22.9. The Morgan fingerprint density at radius 1 is 1.09 bits per heavy atom. The van der Waals surface area contributed by atoms with E-state index < -0.39 is 15.6 Å². The molecule has 0 amide bonds. The van der Waals surface area contributed by atoms with Crippen molar-refractivity contribution in [2.24, 2.45) is 0 Å². The Balaban J connectivity index is 1.63. The van der Waals surface area contributed by atoms with Crippen molar-refractivity contribution in [3.05, 3.63) is 83.0 Å². The molecule has 1 aliphatic heterocycles. The van der Waals surface area contributed by atoms with Gasteiger partial charge in [-0.2, -0.15) is 4.31 Å². The fraction of sp³-hybridized carbons (Fsp3) is 0.333. The molecule has 5 nitrogen and oxygen atoms in total. The number of hydrogen-bond donors (Lipinski definition) is 1. The summed E-state index contributed by atoms with van der Waals surface area (Å²) in [5.41, 5.74) is 1.64. The van der Waals surface area contributed by atoms with Gasteiger partial charge in [0.25, 0.3) is 10.0 Å². The van der Waals surface area contributed by atoms with E-state index >= 15 is 0 Å². The Morgan fingerprint density at radius 3 is 2.47 bits per heavy atom. The summed E-state index contributed by atoms with van der Waals surface area (Å²) in [4.78, 5) is 2.18. The van der Waals surface area contributed by atoms with Crippen molar-refractivity contribution in [3.63, 3.8) is 0 Å².